The summed E-state index contributed by atoms with van der Waals surface area (Å²) in [6.45, 7) is 26.7. The van der Waals surface area contributed by atoms with Gasteiger partial charge in [0.25, 0.3) is 0 Å². The van der Waals surface area contributed by atoms with Crippen molar-refractivity contribution in [3.05, 3.63) is 180 Å². The molecule has 9 rings (SSSR count). The van der Waals surface area contributed by atoms with Crippen molar-refractivity contribution in [3.8, 4) is 78.8 Å². The van der Waals surface area contributed by atoms with Gasteiger partial charge in [0.05, 0.1) is 28.5 Å². The van der Waals surface area contributed by atoms with Gasteiger partial charge in [-0.1, -0.05) is 179 Å². The predicted molar refractivity (Wildman–Crippen MR) is 279 cm³/mol. The molecular formula is C62H62N3O2Pt-. The average Bonchev–Trinajstić information content (AvgIpc) is 3.97. The SMILES string of the molecule is CC(C)(C)c1cc(-c2cc(-c3ccc(-c4ccco4)cc3)ccn2)[c-]c(-c2cccc3c2nc(-c2cc(C(C)(C)C)cc(C(C)(C)C)c2O)n3-c2ccc(C(C)(C)C)cc2-c2ccccc2)c1.[Pt]. The second kappa shape index (κ2) is 18.0. The third kappa shape index (κ3) is 9.43. The molecule has 68 heavy (non-hydrogen) atoms. The van der Waals surface area contributed by atoms with Crippen LogP contribution in [0.4, 0.5) is 0 Å². The summed E-state index contributed by atoms with van der Waals surface area (Å²) in [6, 6.07) is 53.1. The number of aromatic nitrogens is 3. The Kier molecular flexibility index (Phi) is 12.7. The number of hydrogen-bond donors (Lipinski definition) is 1. The average molecular weight is 1080 g/mol. The first kappa shape index (κ1) is 48.2. The van der Waals surface area contributed by atoms with Gasteiger partial charge in [-0.25, -0.2) is 4.98 Å². The zero-order valence-electron chi connectivity index (χ0n) is 41.4. The first-order valence-corrected chi connectivity index (χ1v) is 23.4. The summed E-state index contributed by atoms with van der Waals surface area (Å²) in [5.74, 6) is 1.77. The van der Waals surface area contributed by atoms with E-state index in [4.69, 9.17) is 14.4 Å². The van der Waals surface area contributed by atoms with Crippen LogP contribution >= 0.6 is 0 Å². The second-order valence-corrected chi connectivity index (χ2v) is 22.1. The van der Waals surface area contributed by atoms with E-state index in [1.807, 2.05) is 18.3 Å². The minimum atomic E-state index is -0.334. The Balaban J connectivity index is 0.00000625. The normalized spacial score (nSPS) is 12.4. The topological polar surface area (TPSA) is 64.1 Å². The molecule has 0 saturated heterocycles. The number of imidazole rings is 1. The molecule has 3 heterocycles. The Labute approximate surface area is 417 Å². The summed E-state index contributed by atoms with van der Waals surface area (Å²) in [7, 11) is 0. The van der Waals surface area contributed by atoms with Crippen molar-refractivity contribution in [2.45, 2.75) is 105 Å². The number of phenolic OH excluding ortho intramolecular Hbond substituents is 1. The summed E-state index contributed by atoms with van der Waals surface area (Å²) < 4.78 is 7.93. The van der Waals surface area contributed by atoms with E-state index in [0.717, 1.165) is 89.4 Å². The number of nitrogens with zero attached hydrogens (tertiary/aromatic N) is 3. The molecule has 1 N–H and O–H groups in total. The van der Waals surface area contributed by atoms with Crippen LogP contribution in [-0.2, 0) is 42.7 Å². The standard InChI is InChI=1S/C62H62N3O2.Pt/c1-59(2,3)45-27-28-53(49(36-45)40-18-14-13-15-19-40)65-54-21-16-20-48(56(54)64-58(65)50-37-47(61(7,8)9)38-51(57(50)66)62(10,11)12)43-32-44(34-46(33-43)60(4,5)6)52-35-42(29-30-63-52)39-23-25-41(26-24-39)55-22-17-31-67-55;/h13-31,33-38,66H,1-12H3;/q-1;. The number of phenols is 1. The first-order valence-electron chi connectivity index (χ1n) is 23.4. The molecule has 5 nitrogen and oxygen atoms in total. The monoisotopic (exact) mass is 1080 g/mol. The van der Waals surface area contributed by atoms with Crippen LogP contribution in [0.2, 0.25) is 0 Å². The van der Waals surface area contributed by atoms with E-state index in [1.54, 1.807) is 6.26 Å². The molecule has 0 aliphatic carbocycles. The number of hydrogen-bond acceptors (Lipinski definition) is 4. The third-order valence-electron chi connectivity index (χ3n) is 13.0. The van der Waals surface area contributed by atoms with Gasteiger partial charge >= 0.3 is 0 Å². The van der Waals surface area contributed by atoms with Crippen LogP contribution in [0, 0.1) is 6.07 Å². The van der Waals surface area contributed by atoms with Gasteiger partial charge in [0, 0.05) is 49.6 Å². The van der Waals surface area contributed by atoms with Crippen molar-refractivity contribution < 1.29 is 30.6 Å². The van der Waals surface area contributed by atoms with Crippen molar-refractivity contribution in [1.29, 1.82) is 0 Å². The number of furan rings is 1. The quantitative estimate of drug-likeness (QED) is 0.162. The van der Waals surface area contributed by atoms with Gasteiger partial charge in [-0.2, -0.15) is 0 Å². The van der Waals surface area contributed by atoms with Crippen molar-refractivity contribution in [2.24, 2.45) is 0 Å². The van der Waals surface area contributed by atoms with E-state index >= 15 is 0 Å². The van der Waals surface area contributed by atoms with Crippen LogP contribution in [0.1, 0.15) is 105 Å². The Morgan fingerprint density at radius 1 is 0.515 bits per heavy atom. The van der Waals surface area contributed by atoms with Gasteiger partial charge < -0.3 is 9.52 Å². The molecule has 6 aromatic carbocycles. The molecule has 0 radical (unpaired) electrons. The number of pyridine rings is 1. The number of rotatable bonds is 7. The molecule has 0 aliphatic rings. The van der Waals surface area contributed by atoms with Gasteiger partial charge in [0.1, 0.15) is 17.3 Å². The summed E-state index contributed by atoms with van der Waals surface area (Å²) in [5.41, 5.74) is 16.1. The number of para-hydroxylation sites is 1. The molecule has 0 aliphatic heterocycles. The Morgan fingerprint density at radius 2 is 1.16 bits per heavy atom. The predicted octanol–water partition coefficient (Wildman–Crippen LogP) is 16.7. The fourth-order valence-corrected chi connectivity index (χ4v) is 8.91. The molecule has 0 saturated carbocycles. The minimum Gasteiger partial charge on any atom is -0.507 e. The van der Waals surface area contributed by atoms with Crippen LogP contribution in [-0.4, -0.2) is 19.6 Å². The third-order valence-corrected chi connectivity index (χ3v) is 13.0. The van der Waals surface area contributed by atoms with E-state index in [-0.39, 0.29) is 48.5 Å². The summed E-state index contributed by atoms with van der Waals surface area (Å²) in [5, 5.41) is 12.6. The molecule has 9 aromatic rings. The van der Waals surface area contributed by atoms with Gasteiger partial charge in [-0.15, -0.1) is 29.3 Å². The maximum Gasteiger partial charge on any atom is 0.148 e. The van der Waals surface area contributed by atoms with Gasteiger partial charge in [0.15, 0.2) is 0 Å². The minimum absolute atomic E-state index is 0. The molecule has 0 bridgehead atoms. The smallest absolute Gasteiger partial charge is 0.148 e. The van der Waals surface area contributed by atoms with Crippen molar-refractivity contribution in [3.63, 3.8) is 0 Å². The molecular weight excluding hydrogens is 1010 g/mol. The maximum absolute atomic E-state index is 12.6. The molecule has 0 spiro atoms. The fraction of sp³-hybridized carbons (Fsp3) is 0.258. The Morgan fingerprint density at radius 3 is 1.81 bits per heavy atom. The number of benzene rings is 6. The van der Waals surface area contributed by atoms with Gasteiger partial charge in [-0.3, -0.25) is 9.55 Å². The van der Waals surface area contributed by atoms with E-state index in [2.05, 4.69) is 221 Å². The first-order chi connectivity index (χ1) is 31.6. The maximum atomic E-state index is 12.6. The number of aromatic hydroxyl groups is 1. The summed E-state index contributed by atoms with van der Waals surface area (Å²) in [4.78, 5) is 10.6. The van der Waals surface area contributed by atoms with Crippen molar-refractivity contribution in [2.75, 3.05) is 0 Å². The van der Waals surface area contributed by atoms with Crippen molar-refractivity contribution >= 4 is 11.0 Å². The van der Waals surface area contributed by atoms with Gasteiger partial charge in [-0.05, 0) is 91.9 Å². The van der Waals surface area contributed by atoms with Crippen LogP contribution in [0.15, 0.2) is 156 Å². The van der Waals surface area contributed by atoms with E-state index in [0.29, 0.717) is 11.4 Å². The van der Waals surface area contributed by atoms with Crippen LogP contribution in [0.25, 0.3) is 84.1 Å². The second-order valence-electron chi connectivity index (χ2n) is 22.1. The fourth-order valence-electron chi connectivity index (χ4n) is 8.91. The van der Waals surface area contributed by atoms with Crippen molar-refractivity contribution in [1.82, 2.24) is 14.5 Å². The summed E-state index contributed by atoms with van der Waals surface area (Å²) in [6.07, 6.45) is 3.59. The Hall–Kier alpha value is -6.29. The zero-order valence-corrected chi connectivity index (χ0v) is 43.7. The molecule has 3 aromatic heterocycles. The summed E-state index contributed by atoms with van der Waals surface area (Å²) >= 11 is 0. The molecule has 0 unspecified atom stereocenters. The van der Waals surface area contributed by atoms with Crippen LogP contribution in [0.5, 0.6) is 5.75 Å². The molecule has 0 fully saturated rings. The molecule has 348 valence electrons. The molecule has 0 atom stereocenters. The van der Waals surface area contributed by atoms with Crippen LogP contribution in [0.3, 0.4) is 0 Å². The molecule has 0 amide bonds. The Bertz CT molecular complexity index is 3260. The van der Waals surface area contributed by atoms with E-state index in [9.17, 15) is 5.11 Å². The van der Waals surface area contributed by atoms with E-state index in [1.165, 1.54) is 5.56 Å². The zero-order chi connectivity index (χ0) is 47.6. The van der Waals surface area contributed by atoms with Crippen LogP contribution < -0.4 is 0 Å². The largest absolute Gasteiger partial charge is 0.507 e. The van der Waals surface area contributed by atoms with Gasteiger partial charge in [0.2, 0.25) is 0 Å². The van der Waals surface area contributed by atoms with E-state index < -0.39 is 0 Å². The number of fused-ring (bicyclic) bond motifs is 1. The molecule has 6 heteroatoms.